The Balaban J connectivity index is 2.75. The lowest BCUT2D eigenvalue weighted by Gasteiger charge is -2.07. The number of imidazole rings is 1. The van der Waals surface area contributed by atoms with Crippen molar-refractivity contribution < 1.29 is 9.53 Å². The van der Waals surface area contributed by atoms with Crippen molar-refractivity contribution in [3.63, 3.8) is 0 Å². The average molecular weight is 275 g/mol. The molecule has 5 heteroatoms. The number of aromatic nitrogens is 2. The van der Waals surface area contributed by atoms with E-state index in [2.05, 4.69) is 32.6 Å². The molecule has 0 aliphatic carbocycles. The van der Waals surface area contributed by atoms with E-state index in [0.29, 0.717) is 10.4 Å². The van der Waals surface area contributed by atoms with E-state index in [4.69, 9.17) is 0 Å². The molecular formula is C10H15BrN2O2. The second-order valence-electron chi connectivity index (χ2n) is 3.26. The maximum Gasteiger partial charge on any atom is 0.356 e. The first kappa shape index (κ1) is 12.2. The zero-order chi connectivity index (χ0) is 11.3. The van der Waals surface area contributed by atoms with Crippen LogP contribution in [0, 0.1) is 0 Å². The van der Waals surface area contributed by atoms with E-state index in [1.54, 1.807) is 0 Å². The molecule has 1 rings (SSSR count). The Labute approximate surface area is 97.8 Å². The van der Waals surface area contributed by atoms with Crippen LogP contribution in [0.2, 0.25) is 0 Å². The molecule has 84 valence electrons. The molecule has 0 radical (unpaired) electrons. The fourth-order valence-corrected chi connectivity index (χ4v) is 1.82. The summed E-state index contributed by atoms with van der Waals surface area (Å²) >= 11 is 3.31. The van der Waals surface area contributed by atoms with E-state index in [-0.39, 0.29) is 5.97 Å². The van der Waals surface area contributed by atoms with Crippen LogP contribution < -0.4 is 0 Å². The Morgan fingerprint density at radius 1 is 1.60 bits per heavy atom. The molecule has 0 bridgehead atoms. The third-order valence-corrected chi connectivity index (χ3v) is 2.82. The van der Waals surface area contributed by atoms with Gasteiger partial charge in [0.2, 0.25) is 0 Å². The number of halogens is 1. The summed E-state index contributed by atoms with van der Waals surface area (Å²) in [4.78, 5) is 15.4. The van der Waals surface area contributed by atoms with Gasteiger partial charge in [0.15, 0.2) is 4.73 Å². The van der Waals surface area contributed by atoms with Gasteiger partial charge in [-0.2, -0.15) is 0 Å². The normalized spacial score (nSPS) is 10.3. The Hall–Kier alpha value is -0.840. The van der Waals surface area contributed by atoms with Crippen LogP contribution in [0.25, 0.3) is 0 Å². The molecule has 0 saturated heterocycles. The van der Waals surface area contributed by atoms with Crippen molar-refractivity contribution in [2.45, 2.75) is 32.7 Å². The van der Waals surface area contributed by atoms with E-state index in [1.807, 2.05) is 4.57 Å². The quantitative estimate of drug-likeness (QED) is 0.613. The summed E-state index contributed by atoms with van der Waals surface area (Å²) in [5.41, 5.74) is 0.500. The molecule has 0 fully saturated rings. The van der Waals surface area contributed by atoms with E-state index in [9.17, 15) is 4.79 Å². The first-order valence-corrected chi connectivity index (χ1v) is 5.79. The lowest BCUT2D eigenvalue weighted by Crippen LogP contribution is -2.11. The number of carbonyl (C=O) groups is 1. The lowest BCUT2D eigenvalue weighted by atomic mass is 10.2. The highest BCUT2D eigenvalue weighted by molar-refractivity contribution is 9.10. The molecule has 1 heterocycles. The summed E-state index contributed by atoms with van der Waals surface area (Å²) in [6.07, 6.45) is 4.86. The van der Waals surface area contributed by atoms with Crippen molar-refractivity contribution in [1.82, 2.24) is 9.55 Å². The second-order valence-corrected chi connectivity index (χ2v) is 3.97. The molecule has 0 amide bonds. The maximum absolute atomic E-state index is 11.4. The molecule has 0 saturated carbocycles. The van der Waals surface area contributed by atoms with Crippen LogP contribution in [0.5, 0.6) is 0 Å². The lowest BCUT2D eigenvalue weighted by molar-refractivity contribution is 0.0588. The fraction of sp³-hybridized carbons (Fsp3) is 0.600. The number of unbranched alkanes of at least 4 members (excludes halogenated alkanes) is 2. The van der Waals surface area contributed by atoms with Crippen molar-refractivity contribution in [1.29, 1.82) is 0 Å². The predicted octanol–water partition coefficient (Wildman–Crippen LogP) is 2.62. The Bertz CT molecular complexity index is 336. The number of ether oxygens (including phenoxy) is 1. The molecule has 0 aromatic carbocycles. The zero-order valence-electron chi connectivity index (χ0n) is 8.99. The molecule has 1 aromatic rings. The highest BCUT2D eigenvalue weighted by atomic mass is 79.9. The number of carbonyl (C=O) groups excluding carboxylic acids is 1. The summed E-state index contributed by atoms with van der Waals surface area (Å²) < 4.78 is 7.19. The van der Waals surface area contributed by atoms with E-state index in [0.717, 1.165) is 25.8 Å². The highest BCUT2D eigenvalue weighted by Crippen LogP contribution is 2.14. The Morgan fingerprint density at radius 2 is 2.33 bits per heavy atom. The molecule has 0 atom stereocenters. The fourth-order valence-electron chi connectivity index (χ4n) is 1.35. The van der Waals surface area contributed by atoms with Gasteiger partial charge in [0, 0.05) is 6.54 Å². The van der Waals surface area contributed by atoms with Gasteiger partial charge in [-0.15, -0.1) is 0 Å². The van der Waals surface area contributed by atoms with Gasteiger partial charge >= 0.3 is 5.97 Å². The standard InChI is InChI=1S/C10H15BrN2O2/c1-3-4-5-6-13-8(9(14)15-2)7-12-10(13)11/h7H,3-6H2,1-2H3. The number of hydrogen-bond donors (Lipinski definition) is 0. The van der Waals surface area contributed by atoms with Crippen LogP contribution in [0.1, 0.15) is 36.7 Å². The third-order valence-electron chi connectivity index (χ3n) is 2.19. The molecule has 0 unspecified atom stereocenters. The first-order chi connectivity index (χ1) is 7.20. The van der Waals surface area contributed by atoms with Crippen molar-refractivity contribution in [2.75, 3.05) is 7.11 Å². The monoisotopic (exact) mass is 274 g/mol. The van der Waals surface area contributed by atoms with Crippen molar-refractivity contribution in [3.05, 3.63) is 16.6 Å². The van der Waals surface area contributed by atoms with Gasteiger partial charge in [-0.1, -0.05) is 19.8 Å². The van der Waals surface area contributed by atoms with E-state index >= 15 is 0 Å². The van der Waals surface area contributed by atoms with E-state index in [1.165, 1.54) is 13.3 Å². The van der Waals surface area contributed by atoms with Crippen LogP contribution >= 0.6 is 15.9 Å². The van der Waals surface area contributed by atoms with Gasteiger partial charge in [-0.25, -0.2) is 9.78 Å². The minimum atomic E-state index is -0.343. The Kier molecular flexibility index (Phi) is 4.81. The molecule has 15 heavy (non-hydrogen) atoms. The van der Waals surface area contributed by atoms with E-state index < -0.39 is 0 Å². The van der Waals surface area contributed by atoms with Gasteiger partial charge in [-0.3, -0.25) is 0 Å². The van der Waals surface area contributed by atoms with Crippen molar-refractivity contribution >= 4 is 21.9 Å². The van der Waals surface area contributed by atoms with Crippen LogP contribution in [0.15, 0.2) is 10.9 Å². The van der Waals surface area contributed by atoms with Gasteiger partial charge in [0.05, 0.1) is 13.3 Å². The molecular weight excluding hydrogens is 260 g/mol. The largest absolute Gasteiger partial charge is 0.464 e. The summed E-state index contributed by atoms with van der Waals surface area (Å²) in [5, 5.41) is 0. The summed E-state index contributed by atoms with van der Waals surface area (Å²) in [6, 6.07) is 0. The zero-order valence-corrected chi connectivity index (χ0v) is 10.6. The number of nitrogens with zero attached hydrogens (tertiary/aromatic N) is 2. The van der Waals surface area contributed by atoms with Crippen LogP contribution in [0.3, 0.4) is 0 Å². The van der Waals surface area contributed by atoms with Gasteiger partial charge in [-0.05, 0) is 22.4 Å². The predicted molar refractivity (Wildman–Crippen MR) is 60.8 cm³/mol. The van der Waals surface area contributed by atoms with Crippen LogP contribution in [-0.2, 0) is 11.3 Å². The molecule has 0 aliphatic heterocycles. The Morgan fingerprint density at radius 3 is 2.93 bits per heavy atom. The van der Waals surface area contributed by atoms with Gasteiger partial charge in [0.1, 0.15) is 5.69 Å². The number of hydrogen-bond acceptors (Lipinski definition) is 3. The van der Waals surface area contributed by atoms with Gasteiger partial charge in [0.25, 0.3) is 0 Å². The van der Waals surface area contributed by atoms with Gasteiger partial charge < -0.3 is 9.30 Å². The summed E-state index contributed by atoms with van der Waals surface area (Å²) in [5.74, 6) is -0.343. The number of methoxy groups -OCH3 is 1. The smallest absolute Gasteiger partial charge is 0.356 e. The molecule has 1 aromatic heterocycles. The topological polar surface area (TPSA) is 44.1 Å². The maximum atomic E-state index is 11.4. The number of esters is 1. The molecule has 0 aliphatic rings. The molecule has 0 N–H and O–H groups in total. The van der Waals surface area contributed by atoms with Crippen molar-refractivity contribution in [3.8, 4) is 0 Å². The second kappa shape index (κ2) is 5.90. The third kappa shape index (κ3) is 3.06. The number of rotatable bonds is 5. The SMILES string of the molecule is CCCCCn1c(C(=O)OC)cnc1Br. The summed E-state index contributed by atoms with van der Waals surface area (Å²) in [6.45, 7) is 2.93. The average Bonchev–Trinajstić information content (AvgIpc) is 2.60. The minimum absolute atomic E-state index is 0.343. The van der Waals surface area contributed by atoms with Crippen LogP contribution in [0.4, 0.5) is 0 Å². The highest BCUT2D eigenvalue weighted by Gasteiger charge is 2.14. The first-order valence-electron chi connectivity index (χ1n) is 5.00. The summed E-state index contributed by atoms with van der Waals surface area (Å²) in [7, 11) is 1.37. The minimum Gasteiger partial charge on any atom is -0.464 e. The van der Waals surface area contributed by atoms with Crippen molar-refractivity contribution in [2.24, 2.45) is 0 Å². The van der Waals surface area contributed by atoms with Crippen LogP contribution in [-0.4, -0.2) is 22.6 Å². The molecule has 0 spiro atoms. The molecule has 4 nitrogen and oxygen atoms in total.